The molecule has 1 aliphatic rings. The maximum atomic E-state index is 12.3. The summed E-state index contributed by atoms with van der Waals surface area (Å²) in [6, 6.07) is 9.01. The Bertz CT molecular complexity index is 499. The lowest BCUT2D eigenvalue weighted by Gasteiger charge is -2.35. The van der Waals surface area contributed by atoms with Crippen LogP contribution in [0.5, 0.6) is 0 Å². The molecule has 1 saturated heterocycles. The fourth-order valence-electron chi connectivity index (χ4n) is 2.58. The largest absolute Gasteiger partial charge is 0.453 e. The first-order valence-electron chi connectivity index (χ1n) is 8.28. The molecule has 2 rings (SSSR count). The maximum Gasteiger partial charge on any atom is 0.338 e. The molecule has 4 nitrogen and oxygen atoms in total. The molecule has 4 heteroatoms. The van der Waals surface area contributed by atoms with Crippen LogP contribution in [0.15, 0.2) is 43.0 Å². The molecular formula is C19H26O4. The molecule has 4 atom stereocenters. The molecule has 23 heavy (non-hydrogen) atoms. The van der Waals surface area contributed by atoms with E-state index in [4.69, 9.17) is 14.2 Å². The molecule has 0 N–H and O–H groups in total. The first-order valence-corrected chi connectivity index (χ1v) is 8.28. The van der Waals surface area contributed by atoms with Crippen molar-refractivity contribution in [1.29, 1.82) is 0 Å². The van der Waals surface area contributed by atoms with E-state index in [1.54, 1.807) is 12.1 Å². The summed E-state index contributed by atoms with van der Waals surface area (Å²) in [4.78, 5) is 12.3. The van der Waals surface area contributed by atoms with E-state index >= 15 is 0 Å². The molecule has 1 fully saturated rings. The summed E-state index contributed by atoms with van der Waals surface area (Å²) in [5.74, 6) is -0.332. The van der Waals surface area contributed by atoms with Gasteiger partial charge >= 0.3 is 5.97 Å². The SMILES string of the molecule is C=CCC[C@@H](C)OC1O[C@@H](C)CCC1OC(=O)c1ccccc1. The van der Waals surface area contributed by atoms with Crippen molar-refractivity contribution in [1.82, 2.24) is 0 Å². The highest BCUT2D eigenvalue weighted by molar-refractivity contribution is 5.89. The Morgan fingerprint density at radius 2 is 2.13 bits per heavy atom. The maximum absolute atomic E-state index is 12.3. The normalized spacial score (nSPS) is 25.6. The molecule has 0 radical (unpaired) electrons. The van der Waals surface area contributed by atoms with Crippen LogP contribution in [-0.4, -0.2) is 30.6 Å². The van der Waals surface area contributed by atoms with E-state index in [1.807, 2.05) is 38.1 Å². The van der Waals surface area contributed by atoms with E-state index < -0.39 is 6.29 Å². The first kappa shape index (κ1) is 17.7. The van der Waals surface area contributed by atoms with Gasteiger partial charge in [0.2, 0.25) is 0 Å². The molecule has 1 aromatic carbocycles. The van der Waals surface area contributed by atoms with Crippen molar-refractivity contribution in [3.8, 4) is 0 Å². The molecule has 2 unspecified atom stereocenters. The molecule has 126 valence electrons. The van der Waals surface area contributed by atoms with Gasteiger partial charge in [-0.3, -0.25) is 0 Å². The summed E-state index contributed by atoms with van der Waals surface area (Å²) in [6.07, 6.45) is 4.49. The van der Waals surface area contributed by atoms with Gasteiger partial charge in [-0.1, -0.05) is 24.3 Å². The number of ether oxygens (including phenoxy) is 3. The van der Waals surface area contributed by atoms with E-state index in [0.717, 1.165) is 25.7 Å². The van der Waals surface area contributed by atoms with Gasteiger partial charge in [0.15, 0.2) is 12.4 Å². The highest BCUT2D eigenvalue weighted by Gasteiger charge is 2.34. The molecule has 0 aliphatic carbocycles. The Kier molecular flexibility index (Phi) is 6.81. The molecule has 1 aliphatic heterocycles. The predicted octanol–water partition coefficient (Wildman–Crippen LogP) is 4.11. The van der Waals surface area contributed by atoms with Crippen molar-refractivity contribution in [3.63, 3.8) is 0 Å². The number of benzene rings is 1. The van der Waals surface area contributed by atoms with Gasteiger partial charge in [-0.05, 0) is 51.7 Å². The zero-order valence-electron chi connectivity index (χ0n) is 13.9. The topological polar surface area (TPSA) is 44.8 Å². The van der Waals surface area contributed by atoms with Gasteiger partial charge in [-0.2, -0.15) is 0 Å². The van der Waals surface area contributed by atoms with E-state index in [1.165, 1.54) is 0 Å². The molecule has 1 heterocycles. The molecule has 0 saturated carbocycles. The van der Waals surface area contributed by atoms with Crippen LogP contribution in [0.2, 0.25) is 0 Å². The number of rotatable bonds is 7. The van der Waals surface area contributed by atoms with Crippen LogP contribution in [0.4, 0.5) is 0 Å². The lowest BCUT2D eigenvalue weighted by molar-refractivity contribution is -0.251. The van der Waals surface area contributed by atoms with Gasteiger partial charge in [0.25, 0.3) is 0 Å². The highest BCUT2D eigenvalue weighted by atomic mass is 16.7. The van der Waals surface area contributed by atoms with Crippen molar-refractivity contribution in [2.75, 3.05) is 0 Å². The smallest absolute Gasteiger partial charge is 0.338 e. The Hall–Kier alpha value is -1.65. The molecule has 0 amide bonds. The van der Waals surface area contributed by atoms with Gasteiger partial charge in [0.05, 0.1) is 17.8 Å². The van der Waals surface area contributed by atoms with E-state index in [2.05, 4.69) is 6.58 Å². The zero-order chi connectivity index (χ0) is 16.7. The Balaban J connectivity index is 1.96. The minimum atomic E-state index is -0.508. The summed E-state index contributed by atoms with van der Waals surface area (Å²) in [6.45, 7) is 7.74. The van der Waals surface area contributed by atoms with Crippen molar-refractivity contribution in [3.05, 3.63) is 48.6 Å². The summed E-state index contributed by atoms with van der Waals surface area (Å²) in [7, 11) is 0. The van der Waals surface area contributed by atoms with Crippen LogP contribution in [0.3, 0.4) is 0 Å². The third kappa shape index (κ3) is 5.48. The van der Waals surface area contributed by atoms with Gasteiger partial charge in [0, 0.05) is 0 Å². The van der Waals surface area contributed by atoms with Crippen LogP contribution in [0.1, 0.15) is 49.9 Å². The van der Waals surface area contributed by atoms with E-state index in [9.17, 15) is 4.79 Å². The minimum absolute atomic E-state index is 0.0289. The van der Waals surface area contributed by atoms with Crippen LogP contribution in [0.25, 0.3) is 0 Å². The van der Waals surface area contributed by atoms with Gasteiger partial charge < -0.3 is 14.2 Å². The van der Waals surface area contributed by atoms with Crippen molar-refractivity contribution in [2.45, 2.75) is 64.1 Å². The van der Waals surface area contributed by atoms with Crippen LogP contribution in [0, 0.1) is 0 Å². The summed E-state index contributed by atoms with van der Waals surface area (Å²) in [5, 5.41) is 0. The van der Waals surface area contributed by atoms with Gasteiger partial charge in [0.1, 0.15) is 0 Å². The monoisotopic (exact) mass is 318 g/mol. The zero-order valence-corrected chi connectivity index (χ0v) is 13.9. The predicted molar refractivity (Wildman–Crippen MR) is 89.2 cm³/mol. The molecule has 0 spiro atoms. The fraction of sp³-hybridized carbons (Fsp3) is 0.526. The molecule has 0 bridgehead atoms. The van der Waals surface area contributed by atoms with Crippen LogP contribution in [-0.2, 0) is 14.2 Å². The standard InChI is InChI=1S/C19H26O4/c1-4-5-9-14(2)21-19-17(13-12-15(3)22-19)23-18(20)16-10-7-6-8-11-16/h4,6-8,10-11,14-15,17,19H,1,5,9,12-13H2,2-3H3/t14-,15+,17?,19?/m1/s1. The number of allylic oxidation sites excluding steroid dienone is 1. The number of carbonyl (C=O) groups excluding carboxylic acids is 1. The van der Waals surface area contributed by atoms with Crippen molar-refractivity contribution in [2.24, 2.45) is 0 Å². The third-order valence-electron chi connectivity index (χ3n) is 3.94. The minimum Gasteiger partial charge on any atom is -0.453 e. The summed E-state index contributed by atoms with van der Waals surface area (Å²) in [5.41, 5.74) is 0.546. The Morgan fingerprint density at radius 3 is 2.83 bits per heavy atom. The van der Waals surface area contributed by atoms with E-state index in [0.29, 0.717) is 5.56 Å². The number of carbonyl (C=O) groups is 1. The molecule has 0 aromatic heterocycles. The van der Waals surface area contributed by atoms with E-state index in [-0.39, 0.29) is 24.3 Å². The number of hydrogen-bond acceptors (Lipinski definition) is 4. The first-order chi connectivity index (χ1) is 11.1. The lowest BCUT2D eigenvalue weighted by atomic mass is 10.1. The lowest BCUT2D eigenvalue weighted by Crippen LogP contribution is -2.43. The average Bonchev–Trinajstić information content (AvgIpc) is 2.56. The van der Waals surface area contributed by atoms with Crippen LogP contribution < -0.4 is 0 Å². The Morgan fingerprint density at radius 1 is 1.39 bits per heavy atom. The van der Waals surface area contributed by atoms with Crippen molar-refractivity contribution < 1.29 is 19.0 Å². The quantitative estimate of drug-likeness (QED) is 0.560. The summed E-state index contributed by atoms with van der Waals surface area (Å²) < 4.78 is 17.5. The molecular weight excluding hydrogens is 292 g/mol. The van der Waals surface area contributed by atoms with Gasteiger partial charge in [-0.25, -0.2) is 4.79 Å². The number of esters is 1. The second-order valence-corrected chi connectivity index (χ2v) is 6.01. The van der Waals surface area contributed by atoms with Gasteiger partial charge in [-0.15, -0.1) is 6.58 Å². The highest BCUT2D eigenvalue weighted by Crippen LogP contribution is 2.25. The average molecular weight is 318 g/mol. The molecule has 1 aromatic rings. The Labute approximate surface area is 138 Å². The fourth-order valence-corrected chi connectivity index (χ4v) is 2.58. The number of hydrogen-bond donors (Lipinski definition) is 0. The second kappa shape index (κ2) is 8.85. The second-order valence-electron chi connectivity index (χ2n) is 6.01. The van der Waals surface area contributed by atoms with Crippen molar-refractivity contribution >= 4 is 5.97 Å². The van der Waals surface area contributed by atoms with Crippen LogP contribution >= 0.6 is 0 Å². The summed E-state index contributed by atoms with van der Waals surface area (Å²) >= 11 is 0. The third-order valence-corrected chi connectivity index (χ3v) is 3.94.